The van der Waals surface area contributed by atoms with Crippen molar-refractivity contribution >= 4 is 6.08 Å². The topological polar surface area (TPSA) is 46.0 Å². The van der Waals surface area contributed by atoms with Gasteiger partial charge < -0.3 is 5.11 Å². The second kappa shape index (κ2) is 5.32. The number of halogens is 1. The monoisotopic (exact) mass is 230 g/mol. The lowest BCUT2D eigenvalue weighted by Gasteiger charge is -2.00. The van der Waals surface area contributed by atoms with Crippen molar-refractivity contribution in [2.45, 2.75) is 0 Å². The van der Waals surface area contributed by atoms with Gasteiger partial charge in [0.25, 0.3) is 0 Å². The highest BCUT2D eigenvalue weighted by Gasteiger charge is 1.98. The standard InChI is InChI=1S/C13H11FN2O/c14-12(8-17)7-10-1-3-11(4-2-10)13-5-6-15-9-16-13/h1-7,9,17H,8H2/b12-7+. The molecule has 0 saturated carbocycles. The first kappa shape index (κ1) is 11.4. The molecule has 1 aromatic heterocycles. The van der Waals surface area contributed by atoms with Crippen LogP contribution >= 0.6 is 0 Å². The van der Waals surface area contributed by atoms with Gasteiger partial charge >= 0.3 is 0 Å². The lowest BCUT2D eigenvalue weighted by atomic mass is 10.1. The van der Waals surface area contributed by atoms with Gasteiger partial charge in [0.15, 0.2) is 0 Å². The largest absolute Gasteiger partial charge is 0.389 e. The van der Waals surface area contributed by atoms with Gasteiger partial charge in [-0.3, -0.25) is 0 Å². The van der Waals surface area contributed by atoms with Crippen LogP contribution < -0.4 is 0 Å². The van der Waals surface area contributed by atoms with Crippen molar-refractivity contribution in [3.8, 4) is 11.3 Å². The average Bonchev–Trinajstić information content (AvgIpc) is 2.40. The molecule has 1 N–H and O–H groups in total. The minimum Gasteiger partial charge on any atom is -0.389 e. The summed E-state index contributed by atoms with van der Waals surface area (Å²) in [4.78, 5) is 7.96. The van der Waals surface area contributed by atoms with Crippen LogP contribution in [0.4, 0.5) is 4.39 Å². The van der Waals surface area contributed by atoms with Crippen LogP contribution in [0.25, 0.3) is 17.3 Å². The first-order valence-electron chi connectivity index (χ1n) is 5.13. The molecule has 0 unspecified atom stereocenters. The van der Waals surface area contributed by atoms with E-state index in [-0.39, 0.29) is 0 Å². The minimum absolute atomic E-state index is 0.556. The zero-order valence-electron chi connectivity index (χ0n) is 9.05. The normalized spacial score (nSPS) is 11.5. The molecule has 0 saturated heterocycles. The summed E-state index contributed by atoms with van der Waals surface area (Å²) in [5, 5.41) is 8.57. The van der Waals surface area contributed by atoms with Crippen LogP contribution in [0.2, 0.25) is 0 Å². The molecule has 0 atom stereocenters. The van der Waals surface area contributed by atoms with E-state index < -0.39 is 12.4 Å². The Labute approximate surface area is 98.3 Å². The summed E-state index contributed by atoms with van der Waals surface area (Å²) in [5.74, 6) is -0.556. The second-order valence-corrected chi connectivity index (χ2v) is 3.47. The first-order chi connectivity index (χ1) is 8.29. The van der Waals surface area contributed by atoms with Crippen LogP contribution in [-0.2, 0) is 0 Å². The molecule has 0 aliphatic rings. The molecule has 4 heteroatoms. The highest BCUT2D eigenvalue weighted by molar-refractivity contribution is 5.62. The van der Waals surface area contributed by atoms with Crippen LogP contribution in [0.3, 0.4) is 0 Å². The Hall–Kier alpha value is -2.07. The molecule has 2 rings (SSSR count). The summed E-state index contributed by atoms with van der Waals surface area (Å²) in [5.41, 5.74) is 2.46. The zero-order valence-corrected chi connectivity index (χ0v) is 9.05. The molecule has 0 radical (unpaired) electrons. The van der Waals surface area contributed by atoms with E-state index in [1.54, 1.807) is 24.4 Å². The van der Waals surface area contributed by atoms with Crippen molar-refractivity contribution in [2.24, 2.45) is 0 Å². The van der Waals surface area contributed by atoms with Gasteiger partial charge in [-0.25, -0.2) is 14.4 Å². The molecule has 3 nitrogen and oxygen atoms in total. The van der Waals surface area contributed by atoms with Crippen LogP contribution in [0.5, 0.6) is 0 Å². The Balaban J connectivity index is 2.25. The zero-order chi connectivity index (χ0) is 12.1. The van der Waals surface area contributed by atoms with E-state index >= 15 is 0 Å². The van der Waals surface area contributed by atoms with Crippen molar-refractivity contribution in [2.75, 3.05) is 6.61 Å². The van der Waals surface area contributed by atoms with E-state index in [2.05, 4.69) is 9.97 Å². The van der Waals surface area contributed by atoms with Gasteiger partial charge in [0.2, 0.25) is 0 Å². The Bertz CT molecular complexity index is 509. The Kier molecular flexibility index (Phi) is 3.57. The van der Waals surface area contributed by atoms with Crippen molar-refractivity contribution < 1.29 is 9.50 Å². The van der Waals surface area contributed by atoms with Crippen molar-refractivity contribution in [1.82, 2.24) is 9.97 Å². The molecular formula is C13H11FN2O. The summed E-state index contributed by atoms with van der Waals surface area (Å²) >= 11 is 0. The fraction of sp³-hybridized carbons (Fsp3) is 0.0769. The number of rotatable bonds is 3. The summed E-state index contributed by atoms with van der Waals surface area (Å²) < 4.78 is 12.8. The molecule has 0 aliphatic carbocycles. The van der Waals surface area contributed by atoms with Gasteiger partial charge in [0.05, 0.1) is 12.3 Å². The van der Waals surface area contributed by atoms with Gasteiger partial charge in [-0.05, 0) is 17.7 Å². The van der Waals surface area contributed by atoms with Crippen molar-refractivity contribution in [3.63, 3.8) is 0 Å². The molecule has 17 heavy (non-hydrogen) atoms. The molecule has 0 fully saturated rings. The minimum atomic E-state index is -0.576. The van der Waals surface area contributed by atoms with Crippen molar-refractivity contribution in [3.05, 3.63) is 54.2 Å². The van der Waals surface area contributed by atoms with Gasteiger partial charge in [0.1, 0.15) is 12.2 Å². The maximum Gasteiger partial charge on any atom is 0.126 e. The van der Waals surface area contributed by atoms with E-state index in [1.807, 2.05) is 12.1 Å². The maximum atomic E-state index is 12.8. The summed E-state index contributed by atoms with van der Waals surface area (Å²) in [6.45, 7) is -0.576. The van der Waals surface area contributed by atoms with Gasteiger partial charge in [0, 0.05) is 11.8 Å². The lowest BCUT2D eigenvalue weighted by Crippen LogP contribution is -1.85. The van der Waals surface area contributed by atoms with E-state index in [9.17, 15) is 4.39 Å². The predicted octanol–water partition coefficient (Wildman–Crippen LogP) is 2.45. The number of nitrogens with zero attached hydrogens (tertiary/aromatic N) is 2. The van der Waals surface area contributed by atoms with E-state index in [0.29, 0.717) is 5.56 Å². The second-order valence-electron chi connectivity index (χ2n) is 3.47. The van der Waals surface area contributed by atoms with Crippen molar-refractivity contribution in [1.29, 1.82) is 0 Å². The van der Waals surface area contributed by atoms with Crippen LogP contribution in [0.1, 0.15) is 5.56 Å². The highest BCUT2D eigenvalue weighted by atomic mass is 19.1. The third kappa shape index (κ3) is 2.95. The molecular weight excluding hydrogens is 219 g/mol. The van der Waals surface area contributed by atoms with Crippen LogP contribution in [0.15, 0.2) is 48.7 Å². The fourth-order valence-corrected chi connectivity index (χ4v) is 1.44. The first-order valence-corrected chi connectivity index (χ1v) is 5.13. The molecule has 1 aromatic carbocycles. The van der Waals surface area contributed by atoms with E-state index in [1.165, 1.54) is 12.4 Å². The Morgan fingerprint density at radius 1 is 1.24 bits per heavy atom. The number of aliphatic hydroxyl groups excluding tert-OH is 1. The number of hydrogen-bond donors (Lipinski definition) is 1. The molecule has 2 aromatic rings. The van der Waals surface area contributed by atoms with Crippen LogP contribution in [0, 0.1) is 0 Å². The maximum absolute atomic E-state index is 12.8. The number of hydrogen-bond acceptors (Lipinski definition) is 3. The predicted molar refractivity (Wildman–Crippen MR) is 63.6 cm³/mol. The van der Waals surface area contributed by atoms with Gasteiger partial charge in [-0.2, -0.15) is 0 Å². The summed E-state index contributed by atoms with van der Waals surface area (Å²) in [6.07, 6.45) is 4.44. The molecule has 0 amide bonds. The number of benzene rings is 1. The Morgan fingerprint density at radius 2 is 2.00 bits per heavy atom. The van der Waals surface area contributed by atoms with E-state index in [4.69, 9.17) is 5.11 Å². The summed E-state index contributed by atoms with van der Waals surface area (Å²) in [7, 11) is 0. The number of aromatic nitrogens is 2. The quantitative estimate of drug-likeness (QED) is 0.880. The van der Waals surface area contributed by atoms with E-state index in [0.717, 1.165) is 11.3 Å². The molecule has 1 heterocycles. The third-order valence-electron chi connectivity index (χ3n) is 2.26. The lowest BCUT2D eigenvalue weighted by molar-refractivity contribution is 0.300. The average molecular weight is 230 g/mol. The molecule has 0 aliphatic heterocycles. The van der Waals surface area contributed by atoms with Gasteiger partial charge in [-0.1, -0.05) is 24.3 Å². The summed E-state index contributed by atoms with van der Waals surface area (Å²) in [6, 6.07) is 9.04. The number of aliphatic hydroxyl groups is 1. The SMILES string of the molecule is OC/C(F)=C\c1ccc(-c2ccncn2)cc1. The smallest absolute Gasteiger partial charge is 0.126 e. The molecule has 0 bridgehead atoms. The third-order valence-corrected chi connectivity index (χ3v) is 2.26. The Morgan fingerprint density at radius 3 is 2.59 bits per heavy atom. The molecule has 86 valence electrons. The van der Waals surface area contributed by atoms with Crippen LogP contribution in [-0.4, -0.2) is 21.7 Å². The highest BCUT2D eigenvalue weighted by Crippen LogP contribution is 2.17. The fourth-order valence-electron chi connectivity index (χ4n) is 1.44. The molecule has 0 spiro atoms. The van der Waals surface area contributed by atoms with Gasteiger partial charge in [-0.15, -0.1) is 0 Å².